The zero-order valence-corrected chi connectivity index (χ0v) is 11.6. The summed E-state index contributed by atoms with van der Waals surface area (Å²) in [6.07, 6.45) is 3.93. The fourth-order valence-corrected chi connectivity index (χ4v) is 1.96. The lowest BCUT2D eigenvalue weighted by molar-refractivity contribution is 0.415. The molecule has 0 atom stereocenters. The van der Waals surface area contributed by atoms with Gasteiger partial charge in [-0.2, -0.15) is 0 Å². The van der Waals surface area contributed by atoms with E-state index in [0.29, 0.717) is 5.15 Å². The molecule has 2 aromatic rings. The largest absolute Gasteiger partial charge is 0.497 e. The Labute approximate surface area is 113 Å². The van der Waals surface area contributed by atoms with Gasteiger partial charge < -0.3 is 4.74 Å². The first-order valence-corrected chi connectivity index (χ1v) is 6.61. The van der Waals surface area contributed by atoms with Gasteiger partial charge in [0.2, 0.25) is 0 Å². The molecule has 0 spiro atoms. The van der Waals surface area contributed by atoms with Gasteiger partial charge in [-0.05, 0) is 24.3 Å². The van der Waals surface area contributed by atoms with Gasteiger partial charge in [0.05, 0.1) is 12.6 Å². The molecular formula is C13H11BrClNO. The van der Waals surface area contributed by atoms with Crippen molar-refractivity contribution in [2.45, 2.75) is 0 Å². The first-order valence-electron chi connectivity index (χ1n) is 5.11. The maximum Gasteiger partial charge on any atom is 0.136 e. The van der Waals surface area contributed by atoms with E-state index in [4.69, 9.17) is 16.3 Å². The van der Waals surface area contributed by atoms with Crippen molar-refractivity contribution in [3.8, 4) is 5.75 Å². The van der Waals surface area contributed by atoms with E-state index in [9.17, 15) is 0 Å². The molecule has 1 aromatic carbocycles. The van der Waals surface area contributed by atoms with Gasteiger partial charge in [0, 0.05) is 16.3 Å². The van der Waals surface area contributed by atoms with Crippen molar-refractivity contribution < 1.29 is 4.74 Å². The van der Waals surface area contributed by atoms with Crippen LogP contribution in [-0.4, -0.2) is 17.4 Å². The molecule has 0 fully saturated rings. The molecule has 88 valence electrons. The first-order chi connectivity index (χ1) is 8.24. The number of hydrogen-bond acceptors (Lipinski definition) is 2. The molecule has 17 heavy (non-hydrogen) atoms. The van der Waals surface area contributed by atoms with Gasteiger partial charge in [-0.3, -0.25) is 0 Å². The molecule has 2 nitrogen and oxygen atoms in total. The Morgan fingerprint density at radius 2 is 2.24 bits per heavy atom. The van der Waals surface area contributed by atoms with Crippen LogP contribution in [0, 0.1) is 0 Å². The molecule has 0 N–H and O–H groups in total. The minimum atomic E-state index is 0.514. The molecule has 0 unspecified atom stereocenters. The van der Waals surface area contributed by atoms with Crippen molar-refractivity contribution in [2.24, 2.45) is 0 Å². The lowest BCUT2D eigenvalue weighted by atomic mass is 10.1. The topological polar surface area (TPSA) is 22.1 Å². The van der Waals surface area contributed by atoms with Crippen molar-refractivity contribution >= 4 is 44.5 Å². The van der Waals surface area contributed by atoms with Crippen molar-refractivity contribution in [1.29, 1.82) is 0 Å². The average Bonchev–Trinajstić information content (AvgIpc) is 2.35. The summed E-state index contributed by atoms with van der Waals surface area (Å²) in [6, 6.07) is 7.73. The highest BCUT2D eigenvalue weighted by atomic mass is 79.9. The molecular weight excluding hydrogens is 302 g/mol. The minimum Gasteiger partial charge on any atom is -0.497 e. The molecule has 4 heteroatoms. The molecule has 1 aromatic heterocycles. The summed E-state index contributed by atoms with van der Waals surface area (Å²) in [4.78, 5) is 4.35. The number of fused-ring (bicyclic) bond motifs is 1. The van der Waals surface area contributed by atoms with Crippen LogP contribution in [0.15, 0.2) is 30.3 Å². The van der Waals surface area contributed by atoms with Crippen LogP contribution >= 0.6 is 27.5 Å². The van der Waals surface area contributed by atoms with E-state index < -0.39 is 0 Å². The quantitative estimate of drug-likeness (QED) is 0.622. The number of benzene rings is 1. The Bertz CT molecular complexity index is 569. The van der Waals surface area contributed by atoms with E-state index in [1.165, 1.54) is 0 Å². The number of aromatic nitrogens is 1. The molecule has 2 rings (SSSR count). The predicted octanol–water partition coefficient (Wildman–Crippen LogP) is 4.30. The van der Waals surface area contributed by atoms with Crippen LogP contribution in [0.1, 0.15) is 5.56 Å². The third kappa shape index (κ3) is 2.79. The van der Waals surface area contributed by atoms with E-state index >= 15 is 0 Å². The maximum absolute atomic E-state index is 6.10. The van der Waals surface area contributed by atoms with Crippen LogP contribution in [0.3, 0.4) is 0 Å². The standard InChI is InChI=1S/C13H11BrClNO/c1-17-11-4-5-12-10(8-11)7-9(3-2-6-14)13(15)16-12/h2-5,7-8H,6H2,1H3. The lowest BCUT2D eigenvalue weighted by Crippen LogP contribution is -1.87. The van der Waals surface area contributed by atoms with Crippen molar-refractivity contribution in [3.63, 3.8) is 0 Å². The number of halogens is 2. The number of rotatable bonds is 3. The molecule has 0 aliphatic rings. The number of methoxy groups -OCH3 is 1. The van der Waals surface area contributed by atoms with E-state index in [0.717, 1.165) is 27.5 Å². The van der Waals surface area contributed by atoms with Crippen LogP contribution < -0.4 is 4.74 Å². The molecule has 0 bridgehead atoms. The Balaban J connectivity index is 2.56. The highest BCUT2D eigenvalue weighted by molar-refractivity contribution is 9.09. The third-order valence-electron chi connectivity index (χ3n) is 2.39. The van der Waals surface area contributed by atoms with Gasteiger partial charge in [-0.15, -0.1) is 0 Å². The van der Waals surface area contributed by atoms with E-state index in [1.54, 1.807) is 7.11 Å². The van der Waals surface area contributed by atoms with Gasteiger partial charge in [0.1, 0.15) is 10.9 Å². The summed E-state index contributed by atoms with van der Waals surface area (Å²) >= 11 is 9.44. The molecule has 0 amide bonds. The van der Waals surface area contributed by atoms with Gasteiger partial charge in [-0.1, -0.05) is 39.7 Å². The first kappa shape index (κ1) is 12.4. The van der Waals surface area contributed by atoms with Crippen molar-refractivity contribution in [2.75, 3.05) is 12.4 Å². The zero-order valence-electron chi connectivity index (χ0n) is 9.28. The van der Waals surface area contributed by atoms with Crippen LogP contribution in [0.25, 0.3) is 17.0 Å². The Morgan fingerprint density at radius 1 is 1.41 bits per heavy atom. The SMILES string of the molecule is COc1ccc2nc(Cl)c(C=CCBr)cc2c1. The number of allylic oxidation sites excluding steroid dienone is 1. The Morgan fingerprint density at radius 3 is 2.94 bits per heavy atom. The van der Waals surface area contributed by atoms with E-state index in [-0.39, 0.29) is 0 Å². The molecule has 0 aliphatic heterocycles. The molecule has 0 saturated heterocycles. The summed E-state index contributed by atoms with van der Waals surface area (Å²) in [5, 5.41) is 2.32. The predicted molar refractivity (Wildman–Crippen MR) is 76.1 cm³/mol. The van der Waals surface area contributed by atoms with Crippen LogP contribution in [-0.2, 0) is 0 Å². The fraction of sp³-hybridized carbons (Fsp3) is 0.154. The number of ether oxygens (including phenoxy) is 1. The minimum absolute atomic E-state index is 0.514. The summed E-state index contributed by atoms with van der Waals surface area (Å²) in [7, 11) is 1.65. The van der Waals surface area contributed by atoms with Crippen LogP contribution in [0.2, 0.25) is 5.15 Å². The van der Waals surface area contributed by atoms with Gasteiger partial charge in [0.25, 0.3) is 0 Å². The van der Waals surface area contributed by atoms with Crippen molar-refractivity contribution in [1.82, 2.24) is 4.98 Å². The molecule has 0 radical (unpaired) electrons. The van der Waals surface area contributed by atoms with E-state index in [2.05, 4.69) is 20.9 Å². The van der Waals surface area contributed by atoms with Crippen LogP contribution in [0.4, 0.5) is 0 Å². The molecule has 1 heterocycles. The fourth-order valence-electron chi connectivity index (χ4n) is 1.56. The maximum atomic E-state index is 6.10. The molecule has 0 saturated carbocycles. The number of hydrogen-bond donors (Lipinski definition) is 0. The highest BCUT2D eigenvalue weighted by Crippen LogP contribution is 2.25. The smallest absolute Gasteiger partial charge is 0.136 e. The van der Waals surface area contributed by atoms with Gasteiger partial charge >= 0.3 is 0 Å². The summed E-state index contributed by atoms with van der Waals surface area (Å²) < 4.78 is 5.19. The second kappa shape index (κ2) is 5.52. The second-order valence-corrected chi connectivity index (χ2v) is 4.49. The summed E-state index contributed by atoms with van der Waals surface area (Å²) in [6.45, 7) is 0. The number of nitrogens with zero attached hydrogens (tertiary/aromatic N) is 1. The number of pyridine rings is 1. The Kier molecular flexibility index (Phi) is 4.02. The van der Waals surface area contributed by atoms with Gasteiger partial charge in [-0.25, -0.2) is 4.98 Å². The molecule has 0 aliphatic carbocycles. The highest BCUT2D eigenvalue weighted by Gasteiger charge is 2.03. The summed E-state index contributed by atoms with van der Waals surface area (Å²) in [5.74, 6) is 0.817. The monoisotopic (exact) mass is 311 g/mol. The Hall–Kier alpha value is -1.06. The average molecular weight is 313 g/mol. The van der Waals surface area contributed by atoms with Crippen molar-refractivity contribution in [3.05, 3.63) is 41.1 Å². The second-order valence-electron chi connectivity index (χ2n) is 3.48. The van der Waals surface area contributed by atoms with Gasteiger partial charge in [0.15, 0.2) is 0 Å². The lowest BCUT2D eigenvalue weighted by Gasteiger charge is -2.04. The number of alkyl halides is 1. The zero-order chi connectivity index (χ0) is 12.3. The van der Waals surface area contributed by atoms with Crippen LogP contribution in [0.5, 0.6) is 5.75 Å². The third-order valence-corrected chi connectivity index (χ3v) is 3.07. The normalized spacial score (nSPS) is 11.2. The van der Waals surface area contributed by atoms with E-state index in [1.807, 2.05) is 36.4 Å². The summed E-state index contributed by atoms with van der Waals surface area (Å²) in [5.41, 5.74) is 1.78.